The number of nitrogens with zero attached hydrogens (tertiary/aromatic N) is 6. The molecule has 1 saturated heterocycles. The molecule has 0 atom stereocenters. The van der Waals surface area contributed by atoms with Crippen molar-refractivity contribution in [2.45, 2.75) is 33.7 Å². The molecule has 1 aliphatic heterocycles. The predicted octanol–water partition coefficient (Wildman–Crippen LogP) is 5.32. The number of likely N-dealkylation sites (N-methyl/N-ethyl adjacent to an activating group) is 1. The van der Waals surface area contributed by atoms with Crippen LogP contribution in [0.5, 0.6) is 0 Å². The second-order valence-electron chi connectivity index (χ2n) is 9.88. The van der Waals surface area contributed by atoms with E-state index in [1.54, 1.807) is 24.0 Å². The summed E-state index contributed by atoms with van der Waals surface area (Å²) in [5, 5.41) is 2.85. The fourth-order valence-corrected chi connectivity index (χ4v) is 5.02. The second kappa shape index (κ2) is 10.6. The van der Waals surface area contributed by atoms with Crippen molar-refractivity contribution in [3.63, 3.8) is 0 Å². The van der Waals surface area contributed by atoms with E-state index in [2.05, 4.69) is 32.1 Å². The van der Waals surface area contributed by atoms with E-state index in [1.807, 2.05) is 18.4 Å². The van der Waals surface area contributed by atoms with Crippen molar-refractivity contribution in [3.8, 4) is 11.3 Å². The summed E-state index contributed by atoms with van der Waals surface area (Å²) in [7, 11) is 0. The maximum atomic E-state index is 15.0. The molecule has 2 aromatic heterocycles. The molecule has 0 radical (unpaired) electrons. The van der Waals surface area contributed by atoms with Crippen LogP contribution in [-0.4, -0.2) is 67.9 Å². The van der Waals surface area contributed by atoms with E-state index in [9.17, 15) is 18.0 Å². The largest absolute Gasteiger partial charge is 0.336 e. The maximum Gasteiger partial charge on any atom is 0.256 e. The minimum absolute atomic E-state index is 0.00498. The lowest BCUT2D eigenvalue weighted by Gasteiger charge is -2.34. The summed E-state index contributed by atoms with van der Waals surface area (Å²) in [6.07, 6.45) is 0.974. The minimum atomic E-state index is -0.734. The number of rotatable bonds is 6. The van der Waals surface area contributed by atoms with Gasteiger partial charge in [0.1, 0.15) is 22.9 Å². The lowest BCUT2D eigenvalue weighted by Crippen LogP contribution is -2.48. The number of aromatic nitrogens is 4. The molecule has 2 aromatic carbocycles. The van der Waals surface area contributed by atoms with Crippen LogP contribution in [0.1, 0.15) is 43.0 Å². The van der Waals surface area contributed by atoms with Crippen LogP contribution in [0.15, 0.2) is 36.5 Å². The number of carbonyl (C=O) groups is 1. The summed E-state index contributed by atoms with van der Waals surface area (Å²) >= 11 is 0. The maximum absolute atomic E-state index is 15.0. The van der Waals surface area contributed by atoms with Crippen molar-refractivity contribution in [2.24, 2.45) is 0 Å². The Morgan fingerprint density at radius 3 is 2.41 bits per heavy atom. The highest BCUT2D eigenvalue weighted by Gasteiger charge is 2.24. The molecule has 0 saturated carbocycles. The topological polar surface area (TPSA) is 79.2 Å². The van der Waals surface area contributed by atoms with Gasteiger partial charge in [-0.25, -0.2) is 28.1 Å². The Morgan fingerprint density at radius 1 is 1.00 bits per heavy atom. The number of carbonyl (C=O) groups excluding carboxylic acids is 1. The molecule has 1 fully saturated rings. The third-order valence-electron chi connectivity index (χ3n) is 7.02. The number of nitrogens with one attached hydrogen (secondary N) is 1. The summed E-state index contributed by atoms with van der Waals surface area (Å²) in [6.45, 7) is 11.3. The van der Waals surface area contributed by atoms with Gasteiger partial charge in [0.2, 0.25) is 5.95 Å². The van der Waals surface area contributed by atoms with E-state index in [-0.39, 0.29) is 45.9 Å². The van der Waals surface area contributed by atoms with Gasteiger partial charge in [-0.2, -0.15) is 0 Å². The van der Waals surface area contributed by atoms with Gasteiger partial charge in [0.25, 0.3) is 5.91 Å². The third kappa shape index (κ3) is 5.18. The number of anilines is 2. The van der Waals surface area contributed by atoms with E-state index in [0.717, 1.165) is 25.8 Å². The number of amides is 1. The highest BCUT2D eigenvalue weighted by Crippen LogP contribution is 2.30. The highest BCUT2D eigenvalue weighted by atomic mass is 19.1. The summed E-state index contributed by atoms with van der Waals surface area (Å²) in [5.41, 5.74) is 1.11. The normalized spacial score (nSPS) is 14.4. The van der Waals surface area contributed by atoms with Crippen LogP contribution in [0.3, 0.4) is 0 Å². The molecule has 5 rings (SSSR count). The average molecular weight is 538 g/mol. The molecule has 0 bridgehead atoms. The van der Waals surface area contributed by atoms with Gasteiger partial charge in [0.05, 0.1) is 17.3 Å². The molecular weight excluding hydrogens is 507 g/mol. The first-order valence-corrected chi connectivity index (χ1v) is 13.0. The monoisotopic (exact) mass is 537 g/mol. The zero-order valence-electron chi connectivity index (χ0n) is 22.3. The Labute approximate surface area is 224 Å². The lowest BCUT2D eigenvalue weighted by molar-refractivity contribution is 0.0639. The predicted molar refractivity (Wildman–Crippen MR) is 143 cm³/mol. The smallest absolute Gasteiger partial charge is 0.256 e. The molecule has 1 N–H and O–H groups in total. The van der Waals surface area contributed by atoms with Gasteiger partial charge in [-0.3, -0.25) is 4.79 Å². The fourth-order valence-electron chi connectivity index (χ4n) is 5.02. The van der Waals surface area contributed by atoms with Gasteiger partial charge >= 0.3 is 0 Å². The molecule has 204 valence electrons. The molecule has 39 heavy (non-hydrogen) atoms. The van der Waals surface area contributed by atoms with E-state index in [4.69, 9.17) is 0 Å². The summed E-state index contributed by atoms with van der Waals surface area (Å²) < 4.78 is 46.6. The Balaban J connectivity index is 1.40. The van der Waals surface area contributed by atoms with Gasteiger partial charge in [0, 0.05) is 43.5 Å². The Morgan fingerprint density at radius 2 is 1.74 bits per heavy atom. The van der Waals surface area contributed by atoms with Crippen LogP contribution in [0.4, 0.5) is 24.8 Å². The van der Waals surface area contributed by atoms with Crippen LogP contribution >= 0.6 is 0 Å². The Kier molecular flexibility index (Phi) is 7.26. The third-order valence-corrected chi connectivity index (χ3v) is 7.02. The number of hydrogen-bond acceptors (Lipinski definition) is 6. The zero-order valence-corrected chi connectivity index (χ0v) is 22.3. The molecular formula is C28H30F3N7O. The summed E-state index contributed by atoms with van der Waals surface area (Å²) in [4.78, 5) is 29.3. The number of aryl methyl sites for hydroxylation is 1. The Hall–Kier alpha value is -3.99. The first-order valence-electron chi connectivity index (χ1n) is 13.0. The van der Waals surface area contributed by atoms with Crippen LogP contribution in [0.2, 0.25) is 0 Å². The first kappa shape index (κ1) is 26.6. The Bertz CT molecular complexity index is 1540. The summed E-state index contributed by atoms with van der Waals surface area (Å²) in [5.74, 6) is -1.72. The van der Waals surface area contributed by atoms with Crippen LogP contribution in [0, 0.1) is 24.4 Å². The molecule has 1 aliphatic rings. The van der Waals surface area contributed by atoms with Crippen molar-refractivity contribution in [2.75, 3.05) is 38.0 Å². The quantitative estimate of drug-likeness (QED) is 0.359. The van der Waals surface area contributed by atoms with E-state index in [1.165, 1.54) is 18.2 Å². The number of halogens is 3. The van der Waals surface area contributed by atoms with E-state index in [0.29, 0.717) is 24.4 Å². The van der Waals surface area contributed by atoms with Crippen molar-refractivity contribution >= 4 is 28.6 Å². The number of imidazole rings is 1. The molecule has 4 aromatic rings. The standard InChI is InChI=1S/C28H30F3N7O/c1-5-36-8-10-37(11-9-36)27(39)20-7-6-19(14-21(20)29)34-28-32-15-23(31)25(35-28)18-12-22(30)26-24(13-18)38(16(2)3)17(4)33-26/h6-7,12-16H,5,8-11H2,1-4H3,(H,32,34,35). The number of piperazine rings is 1. The number of fused-ring (bicyclic) bond motifs is 1. The second-order valence-corrected chi connectivity index (χ2v) is 9.88. The fraction of sp³-hybridized carbons (Fsp3) is 0.357. The molecule has 0 unspecified atom stereocenters. The van der Waals surface area contributed by atoms with Crippen LogP contribution in [-0.2, 0) is 0 Å². The van der Waals surface area contributed by atoms with Crippen molar-refractivity contribution in [1.29, 1.82) is 0 Å². The summed E-state index contributed by atoms with van der Waals surface area (Å²) in [6, 6.07) is 6.99. The number of benzene rings is 2. The molecule has 3 heterocycles. The average Bonchev–Trinajstić information content (AvgIpc) is 3.26. The van der Waals surface area contributed by atoms with Gasteiger partial charge in [-0.05, 0) is 57.6 Å². The van der Waals surface area contributed by atoms with Gasteiger partial charge in [-0.15, -0.1) is 0 Å². The van der Waals surface area contributed by atoms with Gasteiger partial charge in [-0.1, -0.05) is 6.92 Å². The van der Waals surface area contributed by atoms with Crippen LogP contribution in [0.25, 0.3) is 22.3 Å². The van der Waals surface area contributed by atoms with Crippen molar-refractivity contribution in [3.05, 3.63) is 65.4 Å². The van der Waals surface area contributed by atoms with Gasteiger partial charge < -0.3 is 19.7 Å². The SMILES string of the molecule is CCN1CCN(C(=O)c2ccc(Nc3ncc(F)c(-c4cc(F)c5nc(C)n(C(C)C)c5c4)n3)cc2F)CC1. The number of hydrogen-bond donors (Lipinski definition) is 1. The molecule has 11 heteroatoms. The van der Waals surface area contributed by atoms with Crippen molar-refractivity contribution < 1.29 is 18.0 Å². The van der Waals surface area contributed by atoms with Crippen LogP contribution < -0.4 is 5.32 Å². The van der Waals surface area contributed by atoms with E-state index < -0.39 is 17.5 Å². The molecule has 8 nitrogen and oxygen atoms in total. The van der Waals surface area contributed by atoms with Gasteiger partial charge in [0.15, 0.2) is 11.6 Å². The first-order chi connectivity index (χ1) is 18.7. The lowest BCUT2D eigenvalue weighted by atomic mass is 10.1. The minimum Gasteiger partial charge on any atom is -0.336 e. The molecule has 1 amide bonds. The highest BCUT2D eigenvalue weighted by molar-refractivity contribution is 5.95. The van der Waals surface area contributed by atoms with Crippen molar-refractivity contribution in [1.82, 2.24) is 29.3 Å². The molecule has 0 aliphatic carbocycles. The van der Waals surface area contributed by atoms with E-state index >= 15 is 0 Å². The zero-order chi connectivity index (χ0) is 27.8. The molecule has 0 spiro atoms.